The van der Waals surface area contributed by atoms with E-state index in [1.165, 1.54) is 4.57 Å². The molecule has 0 unspecified atom stereocenters. The molecule has 0 radical (unpaired) electrons. The van der Waals surface area contributed by atoms with Crippen LogP contribution in [0.1, 0.15) is 12.0 Å². The number of benzene rings is 2. The Balaban J connectivity index is 1.67. The number of sulfonamides is 1. The molecule has 4 rings (SSSR count). The molecule has 1 aliphatic heterocycles. The molecule has 0 amide bonds. The summed E-state index contributed by atoms with van der Waals surface area (Å²) >= 11 is 5.91. The van der Waals surface area contributed by atoms with E-state index >= 15 is 0 Å². The maximum Gasteiger partial charge on any atom is 0.416 e. The maximum atomic E-state index is 13.0. The van der Waals surface area contributed by atoms with Gasteiger partial charge in [0.2, 0.25) is 10.0 Å². The predicted molar refractivity (Wildman–Crippen MR) is 107 cm³/mol. The summed E-state index contributed by atoms with van der Waals surface area (Å²) < 4.78 is 67.4. The lowest BCUT2D eigenvalue weighted by Crippen LogP contribution is -2.36. The number of nitrogens with one attached hydrogen (secondary N) is 1. The zero-order chi connectivity index (χ0) is 21.7. The van der Waals surface area contributed by atoms with Gasteiger partial charge in [-0.05, 0) is 36.4 Å². The summed E-state index contributed by atoms with van der Waals surface area (Å²) in [6, 6.07) is 9.28. The standard InChI is InChI=1S/C19H15ClF3N3O3S/c20-14-6-5-12(19(21,22)23)11-17(14)30(28,29)25-9-7-13(8-10-25)26-16-4-2-1-3-15(16)24-18(26)27/h1-7,11H,8-10H2,(H,24,27). The van der Waals surface area contributed by atoms with Crippen LogP contribution in [0.25, 0.3) is 16.7 Å². The minimum atomic E-state index is -4.69. The van der Waals surface area contributed by atoms with Crippen molar-refractivity contribution in [2.24, 2.45) is 0 Å². The Morgan fingerprint density at radius 2 is 1.83 bits per heavy atom. The molecule has 2 aromatic carbocycles. The highest BCUT2D eigenvalue weighted by molar-refractivity contribution is 7.89. The third kappa shape index (κ3) is 3.55. The molecule has 11 heteroatoms. The Labute approximate surface area is 174 Å². The van der Waals surface area contributed by atoms with Crippen LogP contribution in [0.5, 0.6) is 0 Å². The number of alkyl halides is 3. The quantitative estimate of drug-likeness (QED) is 0.647. The molecule has 30 heavy (non-hydrogen) atoms. The summed E-state index contributed by atoms with van der Waals surface area (Å²) in [5.74, 6) is 0. The molecule has 158 valence electrons. The first-order valence-corrected chi connectivity index (χ1v) is 10.7. The average Bonchev–Trinajstić information content (AvgIpc) is 3.03. The third-order valence-corrected chi connectivity index (χ3v) is 7.25. The van der Waals surface area contributed by atoms with Gasteiger partial charge in [0.25, 0.3) is 0 Å². The summed E-state index contributed by atoms with van der Waals surface area (Å²) in [4.78, 5) is 14.5. The lowest BCUT2D eigenvalue weighted by Gasteiger charge is -2.26. The second-order valence-electron chi connectivity index (χ2n) is 6.73. The van der Waals surface area contributed by atoms with E-state index in [-0.39, 0.29) is 30.2 Å². The van der Waals surface area contributed by atoms with Gasteiger partial charge in [0.05, 0.1) is 21.6 Å². The lowest BCUT2D eigenvalue weighted by atomic mass is 10.2. The number of aromatic nitrogens is 2. The molecule has 6 nitrogen and oxygen atoms in total. The van der Waals surface area contributed by atoms with Gasteiger partial charge in [-0.1, -0.05) is 23.7 Å². The summed E-state index contributed by atoms with van der Waals surface area (Å²) in [6.07, 6.45) is -2.91. The van der Waals surface area contributed by atoms with E-state index in [9.17, 15) is 26.4 Å². The molecule has 1 N–H and O–H groups in total. The van der Waals surface area contributed by atoms with Crippen LogP contribution in [-0.2, 0) is 16.2 Å². The third-order valence-electron chi connectivity index (χ3n) is 4.90. The number of rotatable bonds is 3. The summed E-state index contributed by atoms with van der Waals surface area (Å²) in [7, 11) is -4.26. The van der Waals surface area contributed by atoms with E-state index in [1.54, 1.807) is 30.3 Å². The van der Waals surface area contributed by atoms with Gasteiger partial charge in [-0.15, -0.1) is 0 Å². The van der Waals surface area contributed by atoms with Crippen LogP contribution >= 0.6 is 11.6 Å². The normalized spacial score (nSPS) is 16.1. The van der Waals surface area contributed by atoms with Gasteiger partial charge in [-0.25, -0.2) is 13.2 Å². The summed E-state index contributed by atoms with van der Waals surface area (Å²) in [6.45, 7) is -0.108. The van der Waals surface area contributed by atoms with Crippen LogP contribution in [-0.4, -0.2) is 35.4 Å². The summed E-state index contributed by atoms with van der Waals surface area (Å²) in [5, 5.41) is -0.286. The van der Waals surface area contributed by atoms with Crippen LogP contribution in [0.15, 0.2) is 58.2 Å². The zero-order valence-corrected chi connectivity index (χ0v) is 16.9. The lowest BCUT2D eigenvalue weighted by molar-refractivity contribution is -0.137. The number of aromatic amines is 1. The SMILES string of the molecule is O=c1[nH]c2ccccc2n1C1=CCN(S(=O)(=O)c2cc(C(F)(F)F)ccc2Cl)CC1. The van der Waals surface area contributed by atoms with Crippen molar-refractivity contribution in [1.29, 1.82) is 0 Å². The molecule has 0 fully saturated rings. The van der Waals surface area contributed by atoms with Gasteiger partial charge in [0.1, 0.15) is 4.90 Å². The van der Waals surface area contributed by atoms with Crippen molar-refractivity contribution in [1.82, 2.24) is 13.9 Å². The molecular formula is C19H15ClF3N3O3S. The average molecular weight is 458 g/mol. The van der Waals surface area contributed by atoms with Crippen LogP contribution in [0, 0.1) is 0 Å². The van der Waals surface area contributed by atoms with E-state index < -0.39 is 26.7 Å². The number of para-hydroxylation sites is 2. The number of imidazole rings is 1. The Morgan fingerprint density at radius 1 is 1.10 bits per heavy atom. The Bertz CT molecular complexity index is 1330. The fraction of sp³-hybridized carbons (Fsp3) is 0.211. The Morgan fingerprint density at radius 3 is 2.50 bits per heavy atom. The number of H-pyrrole nitrogens is 1. The van der Waals surface area contributed by atoms with Gasteiger partial charge in [0.15, 0.2) is 0 Å². The Kier molecular flexibility index (Phi) is 5.03. The van der Waals surface area contributed by atoms with E-state index in [4.69, 9.17) is 11.6 Å². The van der Waals surface area contributed by atoms with Gasteiger partial charge in [0, 0.05) is 25.2 Å². The molecule has 0 saturated heterocycles. The predicted octanol–water partition coefficient (Wildman–Crippen LogP) is 3.94. The molecule has 0 saturated carbocycles. The molecule has 3 aromatic rings. The van der Waals surface area contributed by atoms with Gasteiger partial charge < -0.3 is 4.98 Å². The van der Waals surface area contributed by atoms with Crippen LogP contribution in [0.4, 0.5) is 13.2 Å². The number of hydrogen-bond donors (Lipinski definition) is 1. The van der Waals surface area contributed by atoms with Gasteiger partial charge >= 0.3 is 11.9 Å². The molecule has 1 aromatic heterocycles. The van der Waals surface area contributed by atoms with Crippen molar-refractivity contribution in [3.8, 4) is 0 Å². The molecule has 0 bridgehead atoms. The topological polar surface area (TPSA) is 75.2 Å². The fourth-order valence-corrected chi connectivity index (χ4v) is 5.30. The number of halogens is 4. The summed E-state index contributed by atoms with van der Waals surface area (Å²) in [5.41, 5.74) is 0.475. The molecule has 0 atom stereocenters. The van der Waals surface area contributed by atoms with Gasteiger partial charge in [-0.2, -0.15) is 17.5 Å². The van der Waals surface area contributed by atoms with Crippen LogP contribution < -0.4 is 5.69 Å². The van der Waals surface area contributed by atoms with Crippen molar-refractivity contribution in [3.63, 3.8) is 0 Å². The molecule has 0 spiro atoms. The molecular weight excluding hydrogens is 443 g/mol. The second kappa shape index (κ2) is 7.29. The highest BCUT2D eigenvalue weighted by atomic mass is 35.5. The van der Waals surface area contributed by atoms with Crippen molar-refractivity contribution in [3.05, 3.63) is 69.6 Å². The van der Waals surface area contributed by atoms with E-state index in [1.807, 2.05) is 0 Å². The first kappa shape index (κ1) is 20.7. The smallest absolute Gasteiger partial charge is 0.305 e. The van der Waals surface area contributed by atoms with E-state index in [0.29, 0.717) is 22.8 Å². The van der Waals surface area contributed by atoms with Crippen molar-refractivity contribution in [2.45, 2.75) is 17.5 Å². The highest BCUT2D eigenvalue weighted by Crippen LogP contribution is 2.35. The fourth-order valence-electron chi connectivity index (χ4n) is 3.42. The number of nitrogens with zero attached hydrogens (tertiary/aromatic N) is 2. The van der Waals surface area contributed by atoms with E-state index in [2.05, 4.69) is 4.98 Å². The van der Waals surface area contributed by atoms with Crippen LogP contribution in [0.3, 0.4) is 0 Å². The van der Waals surface area contributed by atoms with Crippen molar-refractivity contribution in [2.75, 3.05) is 13.1 Å². The van der Waals surface area contributed by atoms with Gasteiger partial charge in [-0.3, -0.25) is 4.57 Å². The maximum absolute atomic E-state index is 13.0. The van der Waals surface area contributed by atoms with Crippen LogP contribution in [0.2, 0.25) is 5.02 Å². The molecule has 1 aliphatic rings. The first-order chi connectivity index (χ1) is 14.1. The minimum absolute atomic E-state index is 0.00725. The number of fused-ring (bicyclic) bond motifs is 1. The zero-order valence-electron chi connectivity index (χ0n) is 15.3. The second-order valence-corrected chi connectivity index (χ2v) is 9.05. The molecule has 2 heterocycles. The highest BCUT2D eigenvalue weighted by Gasteiger charge is 2.35. The molecule has 0 aliphatic carbocycles. The largest absolute Gasteiger partial charge is 0.416 e. The van der Waals surface area contributed by atoms with Crippen molar-refractivity contribution < 1.29 is 21.6 Å². The monoisotopic (exact) mass is 457 g/mol. The van der Waals surface area contributed by atoms with Crippen molar-refractivity contribution >= 4 is 38.4 Å². The first-order valence-electron chi connectivity index (χ1n) is 8.85. The number of hydrogen-bond acceptors (Lipinski definition) is 3. The van der Waals surface area contributed by atoms with E-state index in [0.717, 1.165) is 16.4 Å². The minimum Gasteiger partial charge on any atom is -0.305 e. The Hall–Kier alpha value is -2.56.